The highest BCUT2D eigenvalue weighted by molar-refractivity contribution is 7.99. The van der Waals surface area contributed by atoms with Gasteiger partial charge in [-0.25, -0.2) is 4.98 Å². The van der Waals surface area contributed by atoms with Gasteiger partial charge in [0.2, 0.25) is 5.91 Å². The topological polar surface area (TPSA) is 92.7 Å². The van der Waals surface area contributed by atoms with Gasteiger partial charge in [-0.3, -0.25) is 19.3 Å². The Hall–Kier alpha value is -2.81. The van der Waals surface area contributed by atoms with E-state index in [1.54, 1.807) is 18.2 Å². The largest absolute Gasteiger partial charge is 0.325 e. The number of nitrogens with zero attached hydrogens (tertiary/aromatic N) is 3. The quantitative estimate of drug-likeness (QED) is 0.285. The molecule has 2 heterocycles. The lowest BCUT2D eigenvalue weighted by molar-refractivity contribution is -0.113. The highest BCUT2D eigenvalue weighted by Crippen LogP contribution is 2.28. The smallest absolute Gasteiger partial charge is 0.269 e. The molecule has 0 aliphatic carbocycles. The molecule has 0 spiro atoms. The van der Waals surface area contributed by atoms with E-state index in [-0.39, 0.29) is 17.2 Å². The van der Waals surface area contributed by atoms with Gasteiger partial charge < -0.3 is 5.32 Å². The van der Waals surface area contributed by atoms with Gasteiger partial charge in [-0.1, -0.05) is 60.9 Å². The van der Waals surface area contributed by atoms with Crippen LogP contribution in [-0.2, 0) is 4.79 Å². The number of halogens is 2. The van der Waals surface area contributed by atoms with Crippen LogP contribution in [0.15, 0.2) is 58.6 Å². The summed E-state index contributed by atoms with van der Waals surface area (Å²) in [7, 11) is 0. The van der Waals surface area contributed by atoms with Crippen LogP contribution in [-0.4, -0.2) is 31.4 Å². The second kappa shape index (κ2) is 9.36. The van der Waals surface area contributed by atoms with Crippen LogP contribution in [0.25, 0.3) is 16.7 Å². The van der Waals surface area contributed by atoms with Crippen molar-refractivity contribution in [2.75, 3.05) is 11.1 Å². The van der Waals surface area contributed by atoms with E-state index in [0.29, 0.717) is 43.5 Å². The molecule has 0 saturated heterocycles. The van der Waals surface area contributed by atoms with Gasteiger partial charge in [0, 0.05) is 10.7 Å². The third-order valence-corrected chi connectivity index (χ3v) is 6.27. The predicted octanol–water partition coefficient (Wildman–Crippen LogP) is 5.27. The van der Waals surface area contributed by atoms with Crippen molar-refractivity contribution in [3.63, 3.8) is 0 Å². The SMILES string of the molecule is CC(C)c1ccc(NC(=O)CSc2nc3[nH]ncc3c(=O)n2-c2ccc(Cl)cc2Cl)cc1. The number of aromatic amines is 1. The second-order valence-electron chi connectivity index (χ2n) is 7.38. The van der Waals surface area contributed by atoms with Crippen LogP contribution in [0.5, 0.6) is 0 Å². The summed E-state index contributed by atoms with van der Waals surface area (Å²) in [6.07, 6.45) is 1.41. The Balaban J connectivity index is 1.61. The molecular formula is C22H19Cl2N5O2S. The van der Waals surface area contributed by atoms with Crippen molar-refractivity contribution in [2.24, 2.45) is 0 Å². The summed E-state index contributed by atoms with van der Waals surface area (Å²) in [5, 5.41) is 10.8. The zero-order valence-corrected chi connectivity index (χ0v) is 19.6. The van der Waals surface area contributed by atoms with Crippen molar-refractivity contribution >= 4 is 57.6 Å². The summed E-state index contributed by atoms with van der Waals surface area (Å²) in [4.78, 5) is 30.2. The maximum absolute atomic E-state index is 13.1. The van der Waals surface area contributed by atoms with E-state index in [2.05, 4.69) is 34.3 Å². The lowest BCUT2D eigenvalue weighted by atomic mass is 10.0. The second-order valence-corrected chi connectivity index (χ2v) is 9.16. The average Bonchev–Trinajstić information content (AvgIpc) is 3.22. The first kappa shape index (κ1) is 22.4. The summed E-state index contributed by atoms with van der Waals surface area (Å²) >= 11 is 13.5. The lowest BCUT2D eigenvalue weighted by Crippen LogP contribution is -2.23. The molecule has 0 saturated carbocycles. The maximum Gasteiger partial charge on any atom is 0.269 e. The number of thioether (sulfide) groups is 1. The van der Waals surface area contributed by atoms with Crippen molar-refractivity contribution in [1.82, 2.24) is 19.7 Å². The fraction of sp³-hybridized carbons (Fsp3) is 0.182. The molecule has 7 nitrogen and oxygen atoms in total. The van der Waals surface area contributed by atoms with Gasteiger partial charge in [0.25, 0.3) is 5.56 Å². The van der Waals surface area contributed by atoms with Crippen molar-refractivity contribution < 1.29 is 4.79 Å². The Morgan fingerprint density at radius 1 is 1.19 bits per heavy atom. The summed E-state index contributed by atoms with van der Waals surface area (Å²) in [5.41, 5.74) is 2.31. The van der Waals surface area contributed by atoms with Gasteiger partial charge >= 0.3 is 0 Å². The molecule has 4 rings (SSSR count). The molecule has 32 heavy (non-hydrogen) atoms. The molecule has 164 valence electrons. The number of fused-ring (bicyclic) bond motifs is 1. The minimum atomic E-state index is -0.347. The highest BCUT2D eigenvalue weighted by atomic mass is 35.5. The minimum absolute atomic E-state index is 0.0449. The van der Waals surface area contributed by atoms with E-state index in [0.717, 1.165) is 11.8 Å². The van der Waals surface area contributed by atoms with Crippen LogP contribution in [0.3, 0.4) is 0 Å². The van der Waals surface area contributed by atoms with E-state index >= 15 is 0 Å². The molecule has 0 aliphatic heterocycles. The number of hydrogen-bond acceptors (Lipinski definition) is 5. The number of H-pyrrole nitrogens is 1. The minimum Gasteiger partial charge on any atom is -0.325 e. The van der Waals surface area contributed by atoms with Crippen LogP contribution < -0.4 is 10.9 Å². The molecule has 2 aromatic heterocycles. The van der Waals surface area contributed by atoms with Gasteiger partial charge in [-0.05, 0) is 41.8 Å². The third-order valence-electron chi connectivity index (χ3n) is 4.80. The zero-order valence-electron chi connectivity index (χ0n) is 17.2. The van der Waals surface area contributed by atoms with Gasteiger partial charge in [-0.2, -0.15) is 5.10 Å². The fourth-order valence-electron chi connectivity index (χ4n) is 3.12. The molecular weight excluding hydrogens is 469 g/mol. The first-order valence-electron chi connectivity index (χ1n) is 9.77. The highest BCUT2D eigenvalue weighted by Gasteiger charge is 2.18. The summed E-state index contributed by atoms with van der Waals surface area (Å²) in [6.45, 7) is 4.22. The Morgan fingerprint density at radius 2 is 1.94 bits per heavy atom. The maximum atomic E-state index is 13.1. The lowest BCUT2D eigenvalue weighted by Gasteiger charge is -2.13. The first-order valence-corrected chi connectivity index (χ1v) is 11.5. The number of carbonyl (C=O) groups excluding carboxylic acids is 1. The Labute approximate surface area is 198 Å². The number of benzene rings is 2. The Bertz CT molecular complexity index is 1350. The van der Waals surface area contributed by atoms with Crippen molar-refractivity contribution in [1.29, 1.82) is 0 Å². The van der Waals surface area contributed by atoms with E-state index < -0.39 is 0 Å². The van der Waals surface area contributed by atoms with E-state index in [4.69, 9.17) is 23.2 Å². The Kier molecular flexibility index (Phi) is 6.55. The van der Waals surface area contributed by atoms with Gasteiger partial charge in [0.15, 0.2) is 10.8 Å². The van der Waals surface area contributed by atoms with Crippen molar-refractivity contribution in [3.05, 3.63) is 74.6 Å². The molecule has 4 aromatic rings. The number of amides is 1. The number of anilines is 1. The summed E-state index contributed by atoms with van der Waals surface area (Å²) < 4.78 is 1.37. The molecule has 0 fully saturated rings. The van der Waals surface area contributed by atoms with Gasteiger partial charge in [0.05, 0.1) is 22.7 Å². The third kappa shape index (κ3) is 4.67. The first-order chi connectivity index (χ1) is 15.3. The molecule has 0 radical (unpaired) electrons. The monoisotopic (exact) mass is 487 g/mol. The molecule has 2 N–H and O–H groups in total. The molecule has 2 aromatic carbocycles. The molecule has 1 amide bonds. The van der Waals surface area contributed by atoms with Crippen LogP contribution in [0.1, 0.15) is 25.3 Å². The van der Waals surface area contributed by atoms with E-state index in [1.165, 1.54) is 16.3 Å². The normalized spacial score (nSPS) is 11.3. The standard InChI is InChI=1S/C22H19Cl2N5O2S/c1-12(2)13-3-6-15(7-4-13)26-19(30)11-32-22-27-20-16(10-25-28-20)21(31)29(22)18-8-5-14(23)9-17(18)24/h3-10,12H,11H2,1-2H3,(H,25,28)(H,26,30). The zero-order chi connectivity index (χ0) is 22.8. The van der Waals surface area contributed by atoms with Gasteiger partial charge in [-0.15, -0.1) is 0 Å². The number of hydrogen-bond donors (Lipinski definition) is 2. The number of nitrogens with one attached hydrogen (secondary N) is 2. The fourth-order valence-corrected chi connectivity index (χ4v) is 4.42. The Morgan fingerprint density at radius 3 is 2.62 bits per heavy atom. The van der Waals surface area contributed by atoms with Crippen molar-refractivity contribution in [3.8, 4) is 5.69 Å². The number of rotatable bonds is 6. The molecule has 0 unspecified atom stereocenters. The van der Waals surface area contributed by atoms with Crippen LogP contribution in [0.2, 0.25) is 10.0 Å². The van der Waals surface area contributed by atoms with Crippen LogP contribution in [0.4, 0.5) is 5.69 Å². The summed E-state index contributed by atoms with van der Waals surface area (Å²) in [5.74, 6) is 0.235. The number of carbonyl (C=O) groups is 1. The summed E-state index contributed by atoms with van der Waals surface area (Å²) in [6, 6.07) is 12.5. The molecule has 0 atom stereocenters. The molecule has 0 aliphatic rings. The molecule has 0 bridgehead atoms. The average molecular weight is 488 g/mol. The molecule has 10 heteroatoms. The van der Waals surface area contributed by atoms with Crippen LogP contribution in [0, 0.1) is 0 Å². The van der Waals surface area contributed by atoms with E-state index in [9.17, 15) is 9.59 Å². The van der Waals surface area contributed by atoms with E-state index in [1.807, 2.05) is 24.3 Å². The van der Waals surface area contributed by atoms with Gasteiger partial charge in [0.1, 0.15) is 5.39 Å². The van der Waals surface area contributed by atoms with Crippen molar-refractivity contribution in [2.45, 2.75) is 24.9 Å². The predicted molar refractivity (Wildman–Crippen MR) is 129 cm³/mol. The van der Waals surface area contributed by atoms with Crippen LogP contribution >= 0.6 is 35.0 Å². The number of aromatic nitrogens is 4.